The highest BCUT2D eigenvalue weighted by Crippen LogP contribution is 2.23. The van der Waals surface area contributed by atoms with Gasteiger partial charge < -0.3 is 15.0 Å². The summed E-state index contributed by atoms with van der Waals surface area (Å²) in [6, 6.07) is 4.45. The van der Waals surface area contributed by atoms with Crippen LogP contribution in [0.1, 0.15) is 45.4 Å². The minimum Gasteiger partial charge on any atom is -0.372 e. The van der Waals surface area contributed by atoms with Gasteiger partial charge in [-0.1, -0.05) is 13.8 Å². The Morgan fingerprint density at radius 3 is 2.81 bits per heavy atom. The molecule has 0 spiro atoms. The van der Waals surface area contributed by atoms with Crippen LogP contribution in [0, 0.1) is 0 Å². The van der Waals surface area contributed by atoms with Crippen LogP contribution in [0.25, 0.3) is 0 Å². The molecular formula is C17H29N3O. The highest BCUT2D eigenvalue weighted by Gasteiger charge is 2.28. The van der Waals surface area contributed by atoms with Crippen molar-refractivity contribution in [3.63, 3.8) is 0 Å². The Morgan fingerprint density at radius 1 is 1.33 bits per heavy atom. The van der Waals surface area contributed by atoms with Crippen LogP contribution in [0.4, 0.5) is 5.82 Å². The monoisotopic (exact) mass is 291 g/mol. The largest absolute Gasteiger partial charge is 0.372 e. The Hall–Kier alpha value is -1.13. The summed E-state index contributed by atoms with van der Waals surface area (Å²) in [5.41, 5.74) is 2.41. The minimum atomic E-state index is -0.0945. The van der Waals surface area contributed by atoms with Crippen molar-refractivity contribution < 1.29 is 4.74 Å². The summed E-state index contributed by atoms with van der Waals surface area (Å²) in [5.74, 6) is 1.10. The van der Waals surface area contributed by atoms with Gasteiger partial charge in [0, 0.05) is 25.3 Å². The summed E-state index contributed by atoms with van der Waals surface area (Å²) < 4.78 is 5.80. The third-order valence-corrected chi connectivity index (χ3v) is 3.79. The zero-order valence-corrected chi connectivity index (χ0v) is 13.9. The SMILES string of the molecule is CCCNCc1cc(CC)nc(N2CCOC(C)(C)C2)c1. The summed E-state index contributed by atoms with van der Waals surface area (Å²) in [6.45, 7) is 13.2. The molecule has 118 valence electrons. The summed E-state index contributed by atoms with van der Waals surface area (Å²) >= 11 is 0. The zero-order valence-electron chi connectivity index (χ0n) is 13.9. The van der Waals surface area contributed by atoms with Gasteiger partial charge in [0.25, 0.3) is 0 Å². The Morgan fingerprint density at radius 2 is 2.14 bits per heavy atom. The first-order chi connectivity index (χ1) is 10.0. The van der Waals surface area contributed by atoms with Crippen molar-refractivity contribution in [3.05, 3.63) is 23.4 Å². The lowest BCUT2D eigenvalue weighted by molar-refractivity contribution is -0.0279. The van der Waals surface area contributed by atoms with E-state index < -0.39 is 0 Å². The zero-order chi connectivity index (χ0) is 15.3. The molecule has 1 aromatic rings. The summed E-state index contributed by atoms with van der Waals surface area (Å²) in [6.07, 6.45) is 2.14. The van der Waals surface area contributed by atoms with Crippen LogP contribution in [0.3, 0.4) is 0 Å². The number of rotatable bonds is 6. The lowest BCUT2D eigenvalue weighted by Gasteiger charge is -2.39. The van der Waals surface area contributed by atoms with Gasteiger partial charge in [-0.05, 0) is 50.9 Å². The first-order valence-corrected chi connectivity index (χ1v) is 8.13. The summed E-state index contributed by atoms with van der Waals surface area (Å²) in [5, 5.41) is 3.48. The second kappa shape index (κ2) is 7.23. The fourth-order valence-electron chi connectivity index (χ4n) is 2.70. The van der Waals surface area contributed by atoms with Gasteiger partial charge in [-0.15, -0.1) is 0 Å². The molecule has 4 heteroatoms. The van der Waals surface area contributed by atoms with E-state index in [1.54, 1.807) is 0 Å². The van der Waals surface area contributed by atoms with Gasteiger partial charge in [0.05, 0.1) is 12.2 Å². The van der Waals surface area contributed by atoms with Crippen LogP contribution in [0.2, 0.25) is 0 Å². The standard InChI is InChI=1S/C17H29N3O/c1-5-7-18-12-14-10-15(6-2)19-16(11-14)20-8-9-21-17(3,4)13-20/h10-11,18H,5-9,12-13H2,1-4H3. The van der Waals surface area contributed by atoms with E-state index >= 15 is 0 Å². The Balaban J connectivity index is 2.15. The quantitative estimate of drug-likeness (QED) is 0.818. The van der Waals surface area contributed by atoms with Crippen molar-refractivity contribution in [2.75, 3.05) is 31.1 Å². The van der Waals surface area contributed by atoms with Gasteiger partial charge in [-0.2, -0.15) is 0 Å². The Bertz CT molecular complexity index is 459. The molecule has 4 nitrogen and oxygen atoms in total. The maximum atomic E-state index is 5.80. The molecular weight excluding hydrogens is 262 g/mol. The smallest absolute Gasteiger partial charge is 0.129 e. The third-order valence-electron chi connectivity index (χ3n) is 3.79. The second-order valence-corrected chi connectivity index (χ2v) is 6.38. The first-order valence-electron chi connectivity index (χ1n) is 8.13. The van der Waals surface area contributed by atoms with E-state index in [1.165, 1.54) is 11.3 Å². The molecule has 0 amide bonds. The van der Waals surface area contributed by atoms with Gasteiger partial charge >= 0.3 is 0 Å². The Labute approximate surface area is 128 Å². The fourth-order valence-corrected chi connectivity index (χ4v) is 2.70. The number of aromatic nitrogens is 1. The molecule has 1 aromatic heterocycles. The predicted octanol–water partition coefficient (Wildman–Crippen LogP) is 2.76. The van der Waals surface area contributed by atoms with Gasteiger partial charge in [0.1, 0.15) is 5.82 Å². The molecule has 1 N–H and O–H groups in total. The molecule has 0 saturated carbocycles. The molecule has 0 aromatic carbocycles. The van der Waals surface area contributed by atoms with Crippen LogP contribution in [0.15, 0.2) is 12.1 Å². The number of anilines is 1. The van der Waals surface area contributed by atoms with Crippen LogP contribution < -0.4 is 10.2 Å². The molecule has 1 fully saturated rings. The van der Waals surface area contributed by atoms with Crippen molar-refractivity contribution in [3.8, 4) is 0 Å². The lowest BCUT2D eigenvalue weighted by atomic mass is 10.1. The van der Waals surface area contributed by atoms with E-state index in [0.717, 1.165) is 51.4 Å². The van der Waals surface area contributed by atoms with Gasteiger partial charge in [-0.3, -0.25) is 0 Å². The van der Waals surface area contributed by atoms with E-state index in [9.17, 15) is 0 Å². The molecule has 0 bridgehead atoms. The molecule has 21 heavy (non-hydrogen) atoms. The fraction of sp³-hybridized carbons (Fsp3) is 0.706. The van der Waals surface area contributed by atoms with E-state index in [2.05, 4.69) is 50.0 Å². The molecule has 2 heterocycles. The lowest BCUT2D eigenvalue weighted by Crippen LogP contribution is -2.48. The summed E-state index contributed by atoms with van der Waals surface area (Å²) in [4.78, 5) is 7.17. The van der Waals surface area contributed by atoms with Crippen molar-refractivity contribution >= 4 is 5.82 Å². The highest BCUT2D eigenvalue weighted by atomic mass is 16.5. The van der Waals surface area contributed by atoms with Gasteiger partial charge in [-0.25, -0.2) is 4.98 Å². The number of ether oxygens (including phenoxy) is 1. The van der Waals surface area contributed by atoms with Crippen LogP contribution in [-0.4, -0.2) is 36.8 Å². The van der Waals surface area contributed by atoms with Crippen molar-refractivity contribution in [2.24, 2.45) is 0 Å². The summed E-state index contributed by atoms with van der Waals surface area (Å²) in [7, 11) is 0. The molecule has 1 aliphatic rings. The predicted molar refractivity (Wildman–Crippen MR) is 87.9 cm³/mol. The maximum Gasteiger partial charge on any atom is 0.129 e. The molecule has 0 aliphatic carbocycles. The van der Waals surface area contributed by atoms with E-state index in [0.29, 0.717) is 0 Å². The first kappa shape index (κ1) is 16.2. The minimum absolute atomic E-state index is 0.0945. The van der Waals surface area contributed by atoms with Crippen LogP contribution >= 0.6 is 0 Å². The Kier molecular flexibility index (Phi) is 5.59. The van der Waals surface area contributed by atoms with Crippen molar-refractivity contribution in [1.29, 1.82) is 0 Å². The van der Waals surface area contributed by atoms with E-state index in [4.69, 9.17) is 9.72 Å². The van der Waals surface area contributed by atoms with Crippen molar-refractivity contribution in [2.45, 2.75) is 52.7 Å². The third kappa shape index (κ3) is 4.68. The normalized spacial score (nSPS) is 18.0. The molecule has 0 atom stereocenters. The molecule has 1 saturated heterocycles. The number of nitrogens with zero attached hydrogens (tertiary/aromatic N) is 2. The highest BCUT2D eigenvalue weighted by molar-refractivity contribution is 5.43. The van der Waals surface area contributed by atoms with Crippen LogP contribution in [-0.2, 0) is 17.7 Å². The average Bonchev–Trinajstić information content (AvgIpc) is 2.46. The van der Waals surface area contributed by atoms with E-state index in [1.807, 2.05) is 0 Å². The average molecular weight is 291 g/mol. The number of nitrogens with one attached hydrogen (secondary N) is 1. The molecule has 0 radical (unpaired) electrons. The second-order valence-electron chi connectivity index (χ2n) is 6.38. The number of morpholine rings is 1. The van der Waals surface area contributed by atoms with E-state index in [-0.39, 0.29) is 5.60 Å². The molecule has 0 unspecified atom stereocenters. The van der Waals surface area contributed by atoms with Crippen molar-refractivity contribution in [1.82, 2.24) is 10.3 Å². The van der Waals surface area contributed by atoms with Gasteiger partial charge in [0.15, 0.2) is 0 Å². The number of hydrogen-bond acceptors (Lipinski definition) is 4. The topological polar surface area (TPSA) is 37.4 Å². The number of hydrogen-bond donors (Lipinski definition) is 1. The van der Waals surface area contributed by atoms with Crippen LogP contribution in [0.5, 0.6) is 0 Å². The number of aryl methyl sites for hydroxylation is 1. The van der Waals surface area contributed by atoms with Gasteiger partial charge in [0.2, 0.25) is 0 Å². The molecule has 2 rings (SSSR count). The number of pyridine rings is 1. The maximum absolute atomic E-state index is 5.80. The molecule has 1 aliphatic heterocycles.